The summed E-state index contributed by atoms with van der Waals surface area (Å²) < 4.78 is 20.6. The van der Waals surface area contributed by atoms with Crippen LogP contribution in [0.5, 0.6) is 23.0 Å². The normalized spacial score (nSPS) is 10.6. The highest BCUT2D eigenvalue weighted by atomic mass is 16.5. The minimum Gasteiger partial charge on any atom is -0.493 e. The van der Waals surface area contributed by atoms with E-state index in [0.717, 1.165) is 0 Å². The zero-order chi connectivity index (χ0) is 31.9. The molecule has 44 heavy (non-hydrogen) atoms. The molecule has 0 saturated heterocycles. The number of hydrogen-bond donors (Lipinski definition) is 4. The van der Waals surface area contributed by atoms with Crippen molar-refractivity contribution in [3.8, 4) is 23.0 Å². The van der Waals surface area contributed by atoms with Crippen LogP contribution in [-0.2, 0) is 9.59 Å². The molecule has 3 rings (SSSR count). The molecule has 0 aliphatic carbocycles. The molecule has 14 nitrogen and oxygen atoms in total. The zero-order valence-corrected chi connectivity index (χ0v) is 24.5. The molecular formula is C30H32N6O8. The van der Waals surface area contributed by atoms with Crippen molar-refractivity contribution in [2.45, 2.75) is 0 Å². The predicted octanol–water partition coefficient (Wildman–Crippen LogP) is 1.48. The van der Waals surface area contributed by atoms with Gasteiger partial charge in [-0.25, -0.2) is 10.9 Å². The van der Waals surface area contributed by atoms with Gasteiger partial charge in [0.25, 0.3) is 23.6 Å². The number of nitrogens with one attached hydrogen (secondary N) is 4. The first-order chi connectivity index (χ1) is 21.3. The number of benzene rings is 3. The summed E-state index contributed by atoms with van der Waals surface area (Å²) in [5, 5.41) is 12.8. The lowest BCUT2D eigenvalue weighted by atomic mass is 10.2. The Morgan fingerprint density at radius 2 is 0.932 bits per heavy atom. The average molecular weight is 605 g/mol. The van der Waals surface area contributed by atoms with E-state index in [2.05, 4.69) is 31.7 Å². The number of ether oxygens (including phenoxy) is 4. The monoisotopic (exact) mass is 604 g/mol. The van der Waals surface area contributed by atoms with Crippen LogP contribution in [-0.4, -0.2) is 77.6 Å². The van der Waals surface area contributed by atoms with Crippen molar-refractivity contribution in [3.63, 3.8) is 0 Å². The van der Waals surface area contributed by atoms with E-state index in [0.29, 0.717) is 45.3 Å². The highest BCUT2D eigenvalue weighted by molar-refractivity contribution is 5.98. The summed E-state index contributed by atoms with van der Waals surface area (Å²) in [6.07, 6.45) is 2.86. The Morgan fingerprint density at radius 3 is 1.27 bits per heavy atom. The fraction of sp³-hybridized carbons (Fsp3) is 0.200. The van der Waals surface area contributed by atoms with Crippen LogP contribution in [0.1, 0.15) is 31.8 Å². The van der Waals surface area contributed by atoms with Gasteiger partial charge in [-0.3, -0.25) is 19.2 Å². The second kappa shape index (κ2) is 16.5. The Kier molecular flexibility index (Phi) is 12.2. The molecule has 0 aliphatic rings. The molecule has 0 heterocycles. The largest absolute Gasteiger partial charge is 0.493 e. The van der Waals surface area contributed by atoms with E-state index in [-0.39, 0.29) is 13.1 Å². The number of carbonyl (C=O) groups is 4. The zero-order valence-electron chi connectivity index (χ0n) is 24.5. The Hall–Kier alpha value is -5.92. The first kappa shape index (κ1) is 32.6. The van der Waals surface area contributed by atoms with Gasteiger partial charge in [0.05, 0.1) is 54.0 Å². The van der Waals surface area contributed by atoms with Gasteiger partial charge < -0.3 is 29.6 Å². The van der Waals surface area contributed by atoms with Crippen LogP contribution in [0.15, 0.2) is 70.9 Å². The number of carbonyl (C=O) groups excluding carboxylic acids is 4. The standard InChI is InChI=1S/C30H32N6O8/c1-41-23-11-9-21(13-25(23)43-3)29(39)31-17-27(37)35-33-15-19-5-7-20(8-6-19)16-34-36-28(38)18-32-30(40)22-10-12-24(42-2)26(14-22)44-4/h5-16H,17-18H2,1-4H3,(H,31,39)(H,32,40)(H,35,37)(H,36,38). The topological polar surface area (TPSA) is 178 Å². The molecule has 3 aromatic rings. The molecule has 0 saturated carbocycles. The lowest BCUT2D eigenvalue weighted by Gasteiger charge is -2.09. The van der Waals surface area contributed by atoms with Gasteiger partial charge in [-0.1, -0.05) is 24.3 Å². The van der Waals surface area contributed by atoms with E-state index >= 15 is 0 Å². The van der Waals surface area contributed by atoms with Crippen LogP contribution in [0.25, 0.3) is 0 Å². The maximum Gasteiger partial charge on any atom is 0.259 e. The first-order valence-electron chi connectivity index (χ1n) is 13.0. The average Bonchev–Trinajstić information content (AvgIpc) is 3.05. The van der Waals surface area contributed by atoms with E-state index in [1.807, 2.05) is 0 Å². The lowest BCUT2D eigenvalue weighted by molar-refractivity contribution is -0.120. The van der Waals surface area contributed by atoms with Gasteiger partial charge >= 0.3 is 0 Å². The van der Waals surface area contributed by atoms with Gasteiger partial charge in [0.2, 0.25) is 0 Å². The molecular weight excluding hydrogens is 572 g/mol. The Morgan fingerprint density at radius 1 is 0.568 bits per heavy atom. The molecule has 0 spiro atoms. The summed E-state index contributed by atoms with van der Waals surface area (Å²) in [5.74, 6) is -0.210. The fourth-order valence-corrected chi connectivity index (χ4v) is 3.58. The molecule has 4 amide bonds. The minimum absolute atomic E-state index is 0.286. The number of amides is 4. The van der Waals surface area contributed by atoms with Crippen molar-refractivity contribution < 1.29 is 38.1 Å². The van der Waals surface area contributed by atoms with Crippen molar-refractivity contribution in [2.24, 2.45) is 10.2 Å². The van der Waals surface area contributed by atoms with E-state index in [1.165, 1.54) is 53.0 Å². The van der Waals surface area contributed by atoms with Gasteiger partial charge in [0, 0.05) is 11.1 Å². The summed E-state index contributed by atoms with van der Waals surface area (Å²) in [4.78, 5) is 48.8. The quantitative estimate of drug-likeness (QED) is 0.158. The number of nitrogens with zero attached hydrogens (tertiary/aromatic N) is 2. The van der Waals surface area contributed by atoms with E-state index < -0.39 is 23.6 Å². The van der Waals surface area contributed by atoms with Crippen LogP contribution in [0.3, 0.4) is 0 Å². The maximum atomic E-state index is 12.3. The summed E-state index contributed by atoms with van der Waals surface area (Å²) in [5.41, 5.74) is 6.64. The van der Waals surface area contributed by atoms with Crippen molar-refractivity contribution in [2.75, 3.05) is 41.5 Å². The maximum absolute atomic E-state index is 12.3. The van der Waals surface area contributed by atoms with E-state index in [1.54, 1.807) is 48.5 Å². The van der Waals surface area contributed by atoms with Crippen LogP contribution < -0.4 is 40.4 Å². The van der Waals surface area contributed by atoms with Crippen molar-refractivity contribution >= 4 is 36.1 Å². The Bertz CT molecular complexity index is 1420. The molecule has 0 unspecified atom stereocenters. The molecule has 0 radical (unpaired) electrons. The Labute approximate surface area is 253 Å². The fourth-order valence-electron chi connectivity index (χ4n) is 3.58. The second-order valence-electron chi connectivity index (χ2n) is 8.76. The summed E-state index contributed by atoms with van der Waals surface area (Å²) >= 11 is 0. The third-order valence-corrected chi connectivity index (χ3v) is 5.85. The number of hydrazone groups is 2. The highest BCUT2D eigenvalue weighted by Gasteiger charge is 2.13. The van der Waals surface area contributed by atoms with Gasteiger partial charge in [-0.15, -0.1) is 0 Å². The Balaban J connectivity index is 1.39. The summed E-state index contributed by atoms with van der Waals surface area (Å²) in [6, 6.07) is 16.2. The van der Waals surface area contributed by atoms with Crippen molar-refractivity contribution in [1.29, 1.82) is 0 Å². The molecule has 0 aromatic heterocycles. The second-order valence-corrected chi connectivity index (χ2v) is 8.76. The molecule has 14 heteroatoms. The van der Waals surface area contributed by atoms with Crippen LogP contribution in [0.2, 0.25) is 0 Å². The molecule has 230 valence electrons. The first-order valence-corrected chi connectivity index (χ1v) is 13.0. The van der Waals surface area contributed by atoms with Crippen LogP contribution in [0, 0.1) is 0 Å². The molecule has 0 aliphatic heterocycles. The van der Waals surface area contributed by atoms with E-state index in [9.17, 15) is 19.2 Å². The number of methoxy groups -OCH3 is 4. The molecule has 3 aromatic carbocycles. The van der Waals surface area contributed by atoms with Crippen LogP contribution >= 0.6 is 0 Å². The SMILES string of the molecule is COc1ccc(C(=O)NCC(=O)NN=Cc2ccc(C=NNC(=O)CNC(=O)c3ccc(OC)c(OC)c3)cc2)cc1OC. The summed E-state index contributed by atoms with van der Waals surface area (Å²) in [7, 11) is 5.90. The highest BCUT2D eigenvalue weighted by Crippen LogP contribution is 2.28. The van der Waals surface area contributed by atoms with Gasteiger partial charge in [-0.2, -0.15) is 10.2 Å². The number of hydrogen-bond acceptors (Lipinski definition) is 10. The summed E-state index contributed by atoms with van der Waals surface area (Å²) in [6.45, 7) is -0.572. The lowest BCUT2D eigenvalue weighted by Crippen LogP contribution is -2.34. The third kappa shape index (κ3) is 9.58. The van der Waals surface area contributed by atoms with Crippen molar-refractivity contribution in [3.05, 3.63) is 82.9 Å². The van der Waals surface area contributed by atoms with Crippen molar-refractivity contribution in [1.82, 2.24) is 21.5 Å². The molecule has 4 N–H and O–H groups in total. The van der Waals surface area contributed by atoms with Gasteiger partial charge in [-0.05, 0) is 47.5 Å². The third-order valence-electron chi connectivity index (χ3n) is 5.85. The predicted molar refractivity (Wildman–Crippen MR) is 162 cm³/mol. The molecule has 0 atom stereocenters. The smallest absolute Gasteiger partial charge is 0.259 e. The molecule has 0 bridgehead atoms. The number of rotatable bonds is 14. The van der Waals surface area contributed by atoms with Crippen LogP contribution in [0.4, 0.5) is 0 Å². The molecule has 0 fully saturated rings. The minimum atomic E-state index is -0.519. The van der Waals surface area contributed by atoms with Gasteiger partial charge in [0.15, 0.2) is 23.0 Å². The van der Waals surface area contributed by atoms with Gasteiger partial charge in [0.1, 0.15) is 0 Å². The van der Waals surface area contributed by atoms with E-state index in [4.69, 9.17) is 18.9 Å².